The average molecular weight is 380 g/mol. The molecule has 142 valence electrons. The summed E-state index contributed by atoms with van der Waals surface area (Å²) in [7, 11) is -5.23. The predicted molar refractivity (Wildman–Crippen MR) is 88.5 cm³/mol. The summed E-state index contributed by atoms with van der Waals surface area (Å²) in [4.78, 5) is 16.9. The fourth-order valence-corrected chi connectivity index (χ4v) is 4.25. The second kappa shape index (κ2) is 14.5. The van der Waals surface area contributed by atoms with E-state index in [9.17, 15) is 13.8 Å². The summed E-state index contributed by atoms with van der Waals surface area (Å²) in [6, 6.07) is 0. The molecule has 0 aliphatic heterocycles. The SMILES string of the molecule is CCN(CC)[S+](N(CC)CC)N(CC)CC.[O-][Si](O)(OF)OF. The molecule has 0 spiro atoms. The Kier molecular flexibility index (Phi) is 16.0. The maximum absolute atomic E-state index is 10.4. The largest absolute Gasteiger partial charge is 0.790 e. The number of hydrogen-bond donors (Lipinski definition) is 1. The van der Waals surface area contributed by atoms with Gasteiger partial charge >= 0.3 is 9.05 Å². The van der Waals surface area contributed by atoms with E-state index in [0.29, 0.717) is 0 Å². The Morgan fingerprint density at radius 3 is 1.09 bits per heavy atom. The lowest BCUT2D eigenvalue weighted by Crippen LogP contribution is -2.53. The minimum Gasteiger partial charge on any atom is -0.790 e. The Balaban J connectivity index is 0. The second-order valence-corrected chi connectivity index (χ2v) is 7.66. The van der Waals surface area contributed by atoms with Gasteiger partial charge in [0.1, 0.15) is 0 Å². The van der Waals surface area contributed by atoms with Gasteiger partial charge in [0.25, 0.3) is 11.5 Å². The summed E-state index contributed by atoms with van der Waals surface area (Å²) >= 11 is 0.162. The first-order chi connectivity index (χ1) is 10.8. The highest BCUT2D eigenvalue weighted by atomic mass is 32.2. The van der Waals surface area contributed by atoms with E-state index in [4.69, 9.17) is 4.80 Å². The third kappa shape index (κ3) is 9.89. The third-order valence-corrected chi connectivity index (χ3v) is 6.33. The molecule has 7 nitrogen and oxygen atoms in total. The quantitative estimate of drug-likeness (QED) is 0.423. The van der Waals surface area contributed by atoms with Crippen LogP contribution in [-0.4, -0.2) is 66.0 Å². The minimum atomic E-state index is -5.23. The van der Waals surface area contributed by atoms with Crippen molar-refractivity contribution in [2.75, 3.05) is 39.3 Å². The van der Waals surface area contributed by atoms with Crippen molar-refractivity contribution in [3.8, 4) is 0 Å². The topological polar surface area (TPSA) is 71.5 Å². The highest BCUT2D eigenvalue weighted by molar-refractivity contribution is 7.90. The zero-order valence-electron chi connectivity index (χ0n) is 14.9. The Labute approximate surface area is 142 Å². The molecule has 0 radical (unpaired) electrons. The van der Waals surface area contributed by atoms with E-state index in [2.05, 4.69) is 63.7 Å². The van der Waals surface area contributed by atoms with Crippen molar-refractivity contribution in [2.45, 2.75) is 41.5 Å². The molecular formula is C12H31F2N3O4SSi. The standard InChI is InChI=1S/C12H30N3S.F2HO4Si/c1-7-13(8-2)16(14(9-3)10-4)15(11-5)12-6;1-5-7(3,4)6-2/h7-12H2,1-6H3;3H/q+1;-1. The summed E-state index contributed by atoms with van der Waals surface area (Å²) in [6.07, 6.45) is 0. The molecule has 0 aromatic carbocycles. The maximum Gasteiger partial charge on any atom is 0.488 e. The molecule has 11 heteroatoms. The number of nitrogens with zero attached hydrogens (tertiary/aromatic N) is 3. The molecule has 0 aromatic heterocycles. The van der Waals surface area contributed by atoms with E-state index in [-0.39, 0.29) is 11.5 Å². The van der Waals surface area contributed by atoms with Gasteiger partial charge in [-0.2, -0.15) is 9.26 Å². The van der Waals surface area contributed by atoms with Gasteiger partial charge in [-0.1, -0.05) is 22.0 Å². The lowest BCUT2D eigenvalue weighted by molar-refractivity contribution is -0.368. The van der Waals surface area contributed by atoms with Gasteiger partial charge in [0.15, 0.2) is 0 Å². The maximum atomic E-state index is 10.4. The number of halogens is 2. The van der Waals surface area contributed by atoms with Gasteiger partial charge in [-0.3, -0.25) is 0 Å². The highest BCUT2D eigenvalue weighted by Crippen LogP contribution is 2.16. The highest BCUT2D eigenvalue weighted by Gasteiger charge is 2.38. The van der Waals surface area contributed by atoms with Crippen LogP contribution in [0.4, 0.5) is 9.05 Å². The molecule has 1 N–H and O–H groups in total. The molecule has 0 saturated heterocycles. The fraction of sp³-hybridized carbons (Fsp3) is 1.00. The Hall–Kier alpha value is 0.147. The van der Waals surface area contributed by atoms with Crippen LogP contribution in [0.2, 0.25) is 0 Å². The smallest absolute Gasteiger partial charge is 0.488 e. The molecule has 0 bridgehead atoms. The molecule has 0 heterocycles. The van der Waals surface area contributed by atoms with Crippen molar-refractivity contribution in [2.24, 2.45) is 0 Å². The van der Waals surface area contributed by atoms with Gasteiger partial charge in [0, 0.05) is 39.3 Å². The van der Waals surface area contributed by atoms with Crippen LogP contribution in [0.5, 0.6) is 0 Å². The zero-order chi connectivity index (χ0) is 18.5. The van der Waals surface area contributed by atoms with Crippen molar-refractivity contribution < 1.29 is 27.9 Å². The van der Waals surface area contributed by atoms with Gasteiger partial charge in [-0.25, -0.2) is 0 Å². The predicted octanol–water partition coefficient (Wildman–Crippen LogP) is 0.952. The molecule has 0 fully saturated rings. The number of hydrogen-bond acceptors (Lipinski definition) is 7. The normalized spacial score (nSPS) is 12.3. The lowest BCUT2D eigenvalue weighted by Gasteiger charge is -2.30. The van der Waals surface area contributed by atoms with E-state index in [1.54, 1.807) is 0 Å². The van der Waals surface area contributed by atoms with Crippen molar-refractivity contribution in [1.29, 1.82) is 0 Å². The first-order valence-electron chi connectivity index (χ1n) is 7.83. The summed E-state index contributed by atoms with van der Waals surface area (Å²) in [5, 5.41) is 0. The lowest BCUT2D eigenvalue weighted by atomic mass is 10.7. The molecule has 0 rings (SSSR count). The third-order valence-electron chi connectivity index (χ3n) is 3.00. The van der Waals surface area contributed by atoms with Gasteiger partial charge in [-0.05, 0) is 41.5 Å². The monoisotopic (exact) mass is 379 g/mol. The molecule has 0 aromatic rings. The van der Waals surface area contributed by atoms with E-state index < -0.39 is 9.05 Å². The van der Waals surface area contributed by atoms with Crippen LogP contribution in [0.3, 0.4) is 0 Å². The van der Waals surface area contributed by atoms with Crippen molar-refractivity contribution >= 4 is 20.5 Å². The van der Waals surface area contributed by atoms with E-state index >= 15 is 0 Å². The van der Waals surface area contributed by atoms with E-state index in [0.717, 1.165) is 39.3 Å². The first-order valence-corrected chi connectivity index (χ1v) is 10.6. The van der Waals surface area contributed by atoms with Crippen LogP contribution in [0.25, 0.3) is 0 Å². The Morgan fingerprint density at radius 2 is 1.00 bits per heavy atom. The molecule has 0 atom stereocenters. The van der Waals surface area contributed by atoms with Crippen LogP contribution in [0.1, 0.15) is 41.5 Å². The van der Waals surface area contributed by atoms with Crippen LogP contribution in [0.15, 0.2) is 0 Å². The fourth-order valence-electron chi connectivity index (χ4n) is 1.87. The van der Waals surface area contributed by atoms with Crippen LogP contribution in [0, 0.1) is 0 Å². The van der Waals surface area contributed by atoms with E-state index in [1.165, 1.54) is 0 Å². The van der Waals surface area contributed by atoms with Gasteiger partial charge in [0.2, 0.25) is 0 Å². The van der Waals surface area contributed by atoms with Gasteiger partial charge in [0.05, 0.1) is 0 Å². The minimum absolute atomic E-state index is 0.162. The van der Waals surface area contributed by atoms with Gasteiger partial charge < -0.3 is 9.59 Å². The molecule has 0 unspecified atom stereocenters. The Morgan fingerprint density at radius 1 is 0.783 bits per heavy atom. The summed E-state index contributed by atoms with van der Waals surface area (Å²) in [5.74, 6) is 0. The first kappa shape index (κ1) is 25.4. The average Bonchev–Trinajstić information content (AvgIpc) is 2.58. The summed E-state index contributed by atoms with van der Waals surface area (Å²) in [5.41, 5.74) is 0. The zero-order valence-corrected chi connectivity index (χ0v) is 16.7. The molecule has 23 heavy (non-hydrogen) atoms. The molecule has 0 aliphatic rings. The summed E-state index contributed by atoms with van der Waals surface area (Å²) < 4.78 is 32.8. The molecule has 0 aliphatic carbocycles. The molecule has 0 amide bonds. The second-order valence-electron chi connectivity index (χ2n) is 4.27. The Bertz CT molecular complexity index is 240. The van der Waals surface area contributed by atoms with Crippen LogP contribution in [-0.2, 0) is 20.7 Å². The molecular weight excluding hydrogens is 348 g/mol. The van der Waals surface area contributed by atoms with Crippen molar-refractivity contribution in [3.63, 3.8) is 0 Å². The van der Waals surface area contributed by atoms with Crippen molar-refractivity contribution in [3.05, 3.63) is 0 Å². The van der Waals surface area contributed by atoms with Crippen LogP contribution >= 0.6 is 0 Å². The van der Waals surface area contributed by atoms with Crippen molar-refractivity contribution in [1.82, 2.24) is 12.9 Å². The number of rotatable bonds is 11. The van der Waals surface area contributed by atoms with Gasteiger partial charge in [-0.15, -0.1) is 0 Å². The molecule has 0 saturated carbocycles. The van der Waals surface area contributed by atoms with Crippen LogP contribution < -0.4 is 4.80 Å². The van der Waals surface area contributed by atoms with E-state index in [1.807, 2.05) is 0 Å². The summed E-state index contributed by atoms with van der Waals surface area (Å²) in [6.45, 7) is 20.4.